The maximum absolute atomic E-state index is 12.8. The lowest BCUT2D eigenvalue weighted by molar-refractivity contribution is -0.132. The molecule has 1 aliphatic carbocycles. The molecule has 1 aromatic rings. The zero-order valence-corrected chi connectivity index (χ0v) is 16.7. The second kappa shape index (κ2) is 8.95. The molecule has 0 bridgehead atoms. The minimum Gasteiger partial charge on any atom is -0.341 e. The predicted molar refractivity (Wildman–Crippen MR) is 109 cm³/mol. The van der Waals surface area contributed by atoms with Gasteiger partial charge in [0.2, 0.25) is 5.91 Å². The fourth-order valence-electron chi connectivity index (χ4n) is 4.38. The molecule has 1 saturated carbocycles. The van der Waals surface area contributed by atoms with Crippen LogP contribution in [0, 0.1) is 5.92 Å². The number of urea groups is 1. The van der Waals surface area contributed by atoms with Crippen molar-refractivity contribution in [3.63, 3.8) is 0 Å². The van der Waals surface area contributed by atoms with Gasteiger partial charge < -0.3 is 15.1 Å². The third-order valence-electron chi connectivity index (χ3n) is 6.24. The van der Waals surface area contributed by atoms with E-state index in [1.165, 1.54) is 18.4 Å². The molecule has 2 aliphatic heterocycles. The molecule has 1 aromatic carbocycles. The second-order valence-electron chi connectivity index (χ2n) is 8.38. The molecule has 28 heavy (non-hydrogen) atoms. The van der Waals surface area contributed by atoms with Crippen molar-refractivity contribution in [3.8, 4) is 0 Å². The van der Waals surface area contributed by atoms with E-state index in [4.69, 9.17) is 0 Å². The maximum atomic E-state index is 12.8. The maximum Gasteiger partial charge on any atom is 0.317 e. The van der Waals surface area contributed by atoms with E-state index in [0.717, 1.165) is 57.9 Å². The number of carbonyl (C=O) groups excluding carboxylic acids is 2. The van der Waals surface area contributed by atoms with Crippen LogP contribution >= 0.6 is 0 Å². The molecule has 0 spiro atoms. The van der Waals surface area contributed by atoms with Crippen molar-refractivity contribution < 1.29 is 9.59 Å². The van der Waals surface area contributed by atoms with E-state index < -0.39 is 0 Å². The SMILES string of the molecule is O=C(NCCc1ccccc1)N1CCCN(C2CCN(CC3CC3)C2=O)CC1. The van der Waals surface area contributed by atoms with E-state index >= 15 is 0 Å². The van der Waals surface area contributed by atoms with Crippen LogP contribution in [0.25, 0.3) is 0 Å². The van der Waals surface area contributed by atoms with Gasteiger partial charge in [-0.1, -0.05) is 30.3 Å². The highest BCUT2D eigenvalue weighted by molar-refractivity contribution is 5.84. The van der Waals surface area contributed by atoms with Crippen LogP contribution in [0.3, 0.4) is 0 Å². The summed E-state index contributed by atoms with van der Waals surface area (Å²) in [5.74, 6) is 1.06. The summed E-state index contributed by atoms with van der Waals surface area (Å²) in [7, 11) is 0. The minimum atomic E-state index is 0.0193. The van der Waals surface area contributed by atoms with E-state index in [1.807, 2.05) is 23.1 Å². The molecule has 0 radical (unpaired) electrons. The molecule has 1 unspecified atom stereocenters. The van der Waals surface area contributed by atoms with Gasteiger partial charge in [-0.05, 0) is 43.6 Å². The van der Waals surface area contributed by atoms with Crippen molar-refractivity contribution >= 4 is 11.9 Å². The van der Waals surface area contributed by atoms with Gasteiger partial charge in [0, 0.05) is 45.8 Å². The lowest BCUT2D eigenvalue weighted by Gasteiger charge is -2.26. The largest absolute Gasteiger partial charge is 0.341 e. The van der Waals surface area contributed by atoms with Crippen LogP contribution in [0.15, 0.2) is 30.3 Å². The Morgan fingerprint density at radius 2 is 1.82 bits per heavy atom. The first-order valence-electron chi connectivity index (χ1n) is 10.8. The fourth-order valence-corrected chi connectivity index (χ4v) is 4.38. The summed E-state index contributed by atoms with van der Waals surface area (Å²) in [6, 6.07) is 10.3. The highest BCUT2D eigenvalue weighted by Gasteiger charge is 2.38. The molecule has 1 atom stereocenters. The van der Waals surface area contributed by atoms with Gasteiger partial charge in [-0.2, -0.15) is 0 Å². The summed E-state index contributed by atoms with van der Waals surface area (Å²) >= 11 is 0. The third-order valence-corrected chi connectivity index (χ3v) is 6.24. The summed E-state index contributed by atoms with van der Waals surface area (Å²) in [6.07, 6.45) is 5.28. The molecule has 6 heteroatoms. The highest BCUT2D eigenvalue weighted by Crippen LogP contribution is 2.31. The van der Waals surface area contributed by atoms with Gasteiger partial charge in [0.25, 0.3) is 0 Å². The van der Waals surface area contributed by atoms with E-state index in [-0.39, 0.29) is 12.1 Å². The Labute approximate surface area is 167 Å². The van der Waals surface area contributed by atoms with Crippen molar-refractivity contribution in [1.29, 1.82) is 0 Å². The molecule has 2 saturated heterocycles. The van der Waals surface area contributed by atoms with Gasteiger partial charge >= 0.3 is 6.03 Å². The normalized spacial score (nSPS) is 23.7. The average Bonchev–Trinajstić information content (AvgIpc) is 3.49. The average molecular weight is 385 g/mol. The summed E-state index contributed by atoms with van der Waals surface area (Å²) in [5.41, 5.74) is 1.24. The van der Waals surface area contributed by atoms with Gasteiger partial charge in [0.05, 0.1) is 6.04 Å². The molecule has 152 valence electrons. The molecule has 3 aliphatic rings. The standard InChI is InChI=1S/C22H32N4O2/c27-21-20(10-14-26(21)17-19-7-8-19)24-12-4-13-25(16-15-24)22(28)23-11-9-18-5-2-1-3-6-18/h1-3,5-6,19-20H,4,7-17H2,(H,23,28). The molecule has 6 nitrogen and oxygen atoms in total. The Kier molecular flexibility index (Phi) is 6.15. The Balaban J connectivity index is 1.22. The molecular weight excluding hydrogens is 352 g/mol. The fraction of sp³-hybridized carbons (Fsp3) is 0.636. The number of likely N-dealkylation sites (tertiary alicyclic amines) is 1. The van der Waals surface area contributed by atoms with Crippen LogP contribution < -0.4 is 5.32 Å². The van der Waals surface area contributed by atoms with Gasteiger partial charge in [0.1, 0.15) is 0 Å². The predicted octanol–water partition coefficient (Wildman–Crippen LogP) is 1.96. The van der Waals surface area contributed by atoms with Crippen LogP contribution in [-0.4, -0.2) is 78.5 Å². The van der Waals surface area contributed by atoms with Crippen molar-refractivity contribution in [2.75, 3.05) is 45.8 Å². The highest BCUT2D eigenvalue weighted by atomic mass is 16.2. The molecule has 3 amide bonds. The number of amides is 3. The monoisotopic (exact) mass is 384 g/mol. The van der Waals surface area contributed by atoms with Crippen LogP contribution in [0.4, 0.5) is 4.79 Å². The van der Waals surface area contributed by atoms with Crippen molar-refractivity contribution in [1.82, 2.24) is 20.0 Å². The number of hydrogen-bond acceptors (Lipinski definition) is 3. The van der Waals surface area contributed by atoms with Crippen molar-refractivity contribution in [3.05, 3.63) is 35.9 Å². The first-order chi connectivity index (χ1) is 13.7. The smallest absolute Gasteiger partial charge is 0.317 e. The van der Waals surface area contributed by atoms with Crippen molar-refractivity contribution in [2.24, 2.45) is 5.92 Å². The Hall–Kier alpha value is -2.08. The van der Waals surface area contributed by atoms with Crippen LogP contribution in [0.1, 0.15) is 31.2 Å². The molecule has 3 fully saturated rings. The molecule has 0 aromatic heterocycles. The van der Waals surface area contributed by atoms with Gasteiger partial charge in [-0.3, -0.25) is 9.69 Å². The Bertz CT molecular complexity index is 676. The minimum absolute atomic E-state index is 0.0193. The number of carbonyl (C=O) groups is 2. The van der Waals surface area contributed by atoms with Gasteiger partial charge in [0.15, 0.2) is 0 Å². The summed E-state index contributed by atoms with van der Waals surface area (Å²) < 4.78 is 0. The first-order valence-corrected chi connectivity index (χ1v) is 10.8. The first kappa shape index (κ1) is 19.2. The zero-order valence-electron chi connectivity index (χ0n) is 16.7. The summed E-state index contributed by atoms with van der Waals surface area (Å²) in [5, 5.41) is 3.05. The molecule has 4 rings (SSSR count). The number of rotatable bonds is 6. The van der Waals surface area contributed by atoms with E-state index in [1.54, 1.807) is 0 Å². The molecule has 2 heterocycles. The lowest BCUT2D eigenvalue weighted by Crippen LogP contribution is -2.45. The lowest BCUT2D eigenvalue weighted by atomic mass is 10.1. The van der Waals surface area contributed by atoms with E-state index in [0.29, 0.717) is 19.0 Å². The van der Waals surface area contributed by atoms with Crippen molar-refractivity contribution in [2.45, 2.75) is 38.1 Å². The van der Waals surface area contributed by atoms with Crippen LogP contribution in [0.2, 0.25) is 0 Å². The molecule has 1 N–H and O–H groups in total. The van der Waals surface area contributed by atoms with E-state index in [2.05, 4.69) is 27.2 Å². The van der Waals surface area contributed by atoms with E-state index in [9.17, 15) is 9.59 Å². The number of hydrogen-bond donors (Lipinski definition) is 1. The number of nitrogens with one attached hydrogen (secondary N) is 1. The Morgan fingerprint density at radius 1 is 1.00 bits per heavy atom. The van der Waals surface area contributed by atoms with Crippen LogP contribution in [0.5, 0.6) is 0 Å². The third kappa shape index (κ3) is 4.85. The van der Waals surface area contributed by atoms with Crippen LogP contribution in [-0.2, 0) is 11.2 Å². The Morgan fingerprint density at radius 3 is 2.61 bits per heavy atom. The summed E-state index contributed by atoms with van der Waals surface area (Å²) in [4.78, 5) is 31.6. The molecular formula is C22H32N4O2. The summed E-state index contributed by atoms with van der Waals surface area (Å²) in [6.45, 7) is 5.67. The topological polar surface area (TPSA) is 55.9 Å². The number of nitrogens with zero attached hydrogens (tertiary/aromatic N) is 3. The number of benzene rings is 1. The zero-order chi connectivity index (χ0) is 19.3. The quantitative estimate of drug-likeness (QED) is 0.816. The van der Waals surface area contributed by atoms with Gasteiger partial charge in [-0.25, -0.2) is 4.79 Å². The second-order valence-corrected chi connectivity index (χ2v) is 8.38. The van der Waals surface area contributed by atoms with Gasteiger partial charge in [-0.15, -0.1) is 0 Å².